The molecule has 2 rings (SSSR count). The molecule has 0 bridgehead atoms. The second-order valence-electron chi connectivity index (χ2n) is 9.94. The molecule has 0 saturated heterocycles. The summed E-state index contributed by atoms with van der Waals surface area (Å²) in [6, 6.07) is 5.73. The summed E-state index contributed by atoms with van der Waals surface area (Å²) in [6.07, 6.45) is 4.59. The molecular weight excluding hydrogens is 474 g/mol. The molecule has 1 aromatic rings. The zero-order valence-electron chi connectivity index (χ0n) is 22.3. The van der Waals surface area contributed by atoms with Gasteiger partial charge < -0.3 is 21.1 Å². The Bertz CT molecular complexity index is 993. The standard InChI is InChI=1S/C28H41N3O4S/c1-7-12-18(6)25(28(34)35)30-26(33)24(17(5)9-3)29-22(32)15-21-19-13-10-11-14-20(19)27(36)31-23(21)16(4)8-2/h10-11,13-18,23-25H,7-9,12H2,1-6H3,(H,29,32)(H,30,33)(H,31,36)(H,34,35)/b21-15+. The summed E-state index contributed by atoms with van der Waals surface area (Å²) in [7, 11) is 0. The number of thiocarbonyl (C=S) groups is 1. The van der Waals surface area contributed by atoms with Crippen molar-refractivity contribution >= 4 is 40.6 Å². The first kappa shape index (κ1) is 29.5. The maximum absolute atomic E-state index is 13.3. The minimum atomic E-state index is -1.07. The Morgan fingerprint density at radius 1 is 1.00 bits per heavy atom. The first-order chi connectivity index (χ1) is 17.0. The molecule has 8 heteroatoms. The van der Waals surface area contributed by atoms with Crippen molar-refractivity contribution in [3.05, 3.63) is 41.5 Å². The minimum Gasteiger partial charge on any atom is -0.480 e. The molecule has 1 heterocycles. The van der Waals surface area contributed by atoms with Gasteiger partial charge in [-0.1, -0.05) is 97.3 Å². The van der Waals surface area contributed by atoms with E-state index >= 15 is 0 Å². The van der Waals surface area contributed by atoms with E-state index in [4.69, 9.17) is 12.2 Å². The molecule has 1 aliphatic rings. The molecule has 0 aromatic heterocycles. The molecule has 0 fully saturated rings. The van der Waals surface area contributed by atoms with E-state index in [9.17, 15) is 19.5 Å². The van der Waals surface area contributed by atoms with Crippen molar-refractivity contribution in [2.24, 2.45) is 17.8 Å². The summed E-state index contributed by atoms with van der Waals surface area (Å²) in [4.78, 5) is 39.0. The molecule has 1 aliphatic heterocycles. The number of hydrogen-bond acceptors (Lipinski definition) is 4. The van der Waals surface area contributed by atoms with Crippen molar-refractivity contribution in [3.8, 4) is 0 Å². The normalized spacial score (nSPS) is 20.3. The van der Waals surface area contributed by atoms with Crippen molar-refractivity contribution in [2.75, 3.05) is 0 Å². The number of nitrogens with one attached hydrogen (secondary N) is 3. The van der Waals surface area contributed by atoms with Crippen LogP contribution in [0, 0.1) is 17.8 Å². The van der Waals surface area contributed by atoms with Crippen molar-refractivity contribution in [1.29, 1.82) is 0 Å². The second-order valence-corrected chi connectivity index (χ2v) is 10.4. The number of aliphatic carboxylic acids is 1. The van der Waals surface area contributed by atoms with Crippen LogP contribution < -0.4 is 16.0 Å². The third-order valence-electron chi connectivity index (χ3n) is 7.27. The van der Waals surface area contributed by atoms with Crippen LogP contribution in [0.2, 0.25) is 0 Å². The summed E-state index contributed by atoms with van der Waals surface area (Å²) in [6.45, 7) is 11.8. The first-order valence-corrected chi connectivity index (χ1v) is 13.4. The van der Waals surface area contributed by atoms with Crippen LogP contribution in [0.15, 0.2) is 30.3 Å². The van der Waals surface area contributed by atoms with E-state index < -0.39 is 29.9 Å². The van der Waals surface area contributed by atoms with Crippen molar-refractivity contribution in [3.63, 3.8) is 0 Å². The largest absolute Gasteiger partial charge is 0.480 e. The average Bonchev–Trinajstić information content (AvgIpc) is 2.86. The number of carboxylic acids is 1. The first-order valence-electron chi connectivity index (χ1n) is 13.0. The SMILES string of the molecule is CCCC(C)C(NC(=O)C(NC(=O)/C=C1\c2ccccc2C(=S)NC1C(C)CC)C(C)CC)C(=O)O. The van der Waals surface area contributed by atoms with E-state index in [1.807, 2.05) is 52.0 Å². The summed E-state index contributed by atoms with van der Waals surface area (Å²) in [5.74, 6) is -2.13. The lowest BCUT2D eigenvalue weighted by Crippen LogP contribution is -2.55. The lowest BCUT2D eigenvalue weighted by Gasteiger charge is -2.34. The minimum absolute atomic E-state index is 0.134. The van der Waals surface area contributed by atoms with E-state index in [2.05, 4.69) is 29.8 Å². The fraction of sp³-hybridized carbons (Fsp3) is 0.571. The van der Waals surface area contributed by atoms with Crippen molar-refractivity contribution in [1.82, 2.24) is 16.0 Å². The fourth-order valence-electron chi connectivity index (χ4n) is 4.60. The highest BCUT2D eigenvalue weighted by Gasteiger charge is 2.33. The zero-order chi connectivity index (χ0) is 27.0. The van der Waals surface area contributed by atoms with Crippen LogP contribution >= 0.6 is 12.2 Å². The Hall–Kier alpha value is -2.74. The molecule has 36 heavy (non-hydrogen) atoms. The Morgan fingerprint density at radius 3 is 2.19 bits per heavy atom. The van der Waals surface area contributed by atoms with E-state index in [-0.39, 0.29) is 23.8 Å². The number of carbonyl (C=O) groups excluding carboxylic acids is 2. The van der Waals surface area contributed by atoms with Crippen LogP contribution in [0.25, 0.3) is 5.57 Å². The molecule has 0 saturated carbocycles. The second kappa shape index (κ2) is 13.5. The van der Waals surface area contributed by atoms with Gasteiger partial charge in [-0.2, -0.15) is 0 Å². The number of hydrogen-bond donors (Lipinski definition) is 4. The summed E-state index contributed by atoms with van der Waals surface area (Å²) in [5, 5.41) is 18.6. The van der Waals surface area contributed by atoms with Crippen LogP contribution in [0.1, 0.15) is 78.4 Å². The van der Waals surface area contributed by atoms with E-state index in [1.165, 1.54) is 0 Å². The molecule has 0 aliphatic carbocycles. The van der Waals surface area contributed by atoms with Gasteiger partial charge in [0.15, 0.2) is 0 Å². The average molecular weight is 516 g/mol. The summed E-state index contributed by atoms with van der Waals surface area (Å²) >= 11 is 5.59. The third kappa shape index (κ3) is 7.15. The topological polar surface area (TPSA) is 108 Å². The molecule has 1 aromatic carbocycles. The van der Waals surface area contributed by atoms with Crippen LogP contribution in [0.4, 0.5) is 0 Å². The van der Waals surface area contributed by atoms with Gasteiger partial charge in [-0.3, -0.25) is 9.59 Å². The van der Waals surface area contributed by atoms with E-state index in [0.717, 1.165) is 29.5 Å². The third-order valence-corrected chi connectivity index (χ3v) is 7.61. The van der Waals surface area contributed by atoms with Gasteiger partial charge in [0.25, 0.3) is 0 Å². The number of fused-ring (bicyclic) bond motifs is 1. The highest BCUT2D eigenvalue weighted by molar-refractivity contribution is 7.80. The van der Waals surface area contributed by atoms with Gasteiger partial charge in [-0.25, -0.2) is 4.79 Å². The molecule has 7 nitrogen and oxygen atoms in total. The van der Waals surface area contributed by atoms with Crippen molar-refractivity contribution in [2.45, 2.75) is 85.4 Å². The predicted molar refractivity (Wildman–Crippen MR) is 148 cm³/mol. The maximum atomic E-state index is 13.3. The molecular formula is C28H41N3O4S. The van der Waals surface area contributed by atoms with Gasteiger partial charge in [-0.05, 0) is 35.3 Å². The van der Waals surface area contributed by atoms with Crippen LogP contribution in [0.3, 0.4) is 0 Å². The van der Waals surface area contributed by atoms with E-state index in [0.29, 0.717) is 17.8 Å². The Kier molecular flexibility index (Phi) is 11.1. The fourth-order valence-corrected chi connectivity index (χ4v) is 4.90. The highest BCUT2D eigenvalue weighted by Crippen LogP contribution is 2.32. The molecule has 0 radical (unpaired) electrons. The number of amides is 2. The number of benzene rings is 1. The smallest absolute Gasteiger partial charge is 0.326 e. The van der Waals surface area contributed by atoms with Crippen LogP contribution in [-0.4, -0.2) is 46.0 Å². The Morgan fingerprint density at radius 2 is 1.64 bits per heavy atom. The number of carbonyl (C=O) groups is 3. The summed E-state index contributed by atoms with van der Waals surface area (Å²) < 4.78 is 0. The zero-order valence-corrected chi connectivity index (χ0v) is 23.1. The van der Waals surface area contributed by atoms with Crippen molar-refractivity contribution < 1.29 is 19.5 Å². The predicted octanol–water partition coefficient (Wildman–Crippen LogP) is 4.30. The molecule has 2 amide bonds. The molecule has 0 spiro atoms. The van der Waals surface area contributed by atoms with Crippen LogP contribution in [-0.2, 0) is 14.4 Å². The van der Waals surface area contributed by atoms with Crippen LogP contribution in [0.5, 0.6) is 0 Å². The molecule has 4 N–H and O–H groups in total. The van der Waals surface area contributed by atoms with E-state index in [1.54, 1.807) is 6.08 Å². The summed E-state index contributed by atoms with van der Waals surface area (Å²) in [5.41, 5.74) is 2.61. The lowest BCUT2D eigenvalue weighted by molar-refractivity contribution is -0.144. The number of carboxylic acid groups (broad SMARTS) is 1. The Balaban J connectivity index is 2.36. The van der Waals surface area contributed by atoms with Gasteiger partial charge in [-0.15, -0.1) is 0 Å². The van der Waals surface area contributed by atoms with Gasteiger partial charge in [0, 0.05) is 11.6 Å². The van der Waals surface area contributed by atoms with Gasteiger partial charge in [0.05, 0.1) is 6.04 Å². The highest BCUT2D eigenvalue weighted by atomic mass is 32.1. The van der Waals surface area contributed by atoms with Gasteiger partial charge >= 0.3 is 5.97 Å². The molecule has 198 valence electrons. The Labute approximate surface area is 220 Å². The molecule has 6 atom stereocenters. The lowest BCUT2D eigenvalue weighted by atomic mass is 9.83. The van der Waals surface area contributed by atoms with Gasteiger partial charge in [0.2, 0.25) is 11.8 Å². The molecule has 6 unspecified atom stereocenters. The monoisotopic (exact) mass is 515 g/mol. The quantitative estimate of drug-likeness (QED) is 0.244. The number of rotatable bonds is 12. The maximum Gasteiger partial charge on any atom is 0.326 e. The van der Waals surface area contributed by atoms with Gasteiger partial charge in [0.1, 0.15) is 17.1 Å².